The molecule has 4 nitrogen and oxygen atoms in total. The topological polar surface area (TPSA) is 53.6 Å². The molecule has 0 unspecified atom stereocenters. The summed E-state index contributed by atoms with van der Waals surface area (Å²) in [4.78, 5) is 4.14. The lowest BCUT2D eigenvalue weighted by Gasteiger charge is -2.05. The molecule has 2 aromatic rings. The quantitative estimate of drug-likeness (QED) is 0.765. The number of aromatic amines is 1. The Morgan fingerprint density at radius 2 is 2.28 bits per heavy atom. The van der Waals surface area contributed by atoms with Crippen molar-refractivity contribution >= 4 is 0 Å². The summed E-state index contributed by atoms with van der Waals surface area (Å²) < 4.78 is 0. The highest BCUT2D eigenvalue weighted by molar-refractivity contribution is 5.61. The van der Waals surface area contributed by atoms with Gasteiger partial charge in [-0.2, -0.15) is 5.10 Å². The van der Waals surface area contributed by atoms with Crippen LogP contribution in [0.4, 0.5) is 0 Å². The van der Waals surface area contributed by atoms with Crippen LogP contribution in [0.15, 0.2) is 30.7 Å². The molecule has 1 aliphatic carbocycles. The number of aromatic nitrogens is 3. The number of hydrogen-bond donors (Lipinski definition) is 2. The zero-order valence-corrected chi connectivity index (χ0v) is 10.4. The van der Waals surface area contributed by atoms with Crippen molar-refractivity contribution in [2.24, 2.45) is 5.92 Å². The van der Waals surface area contributed by atoms with E-state index in [-0.39, 0.29) is 0 Å². The first-order valence-corrected chi connectivity index (χ1v) is 6.57. The molecule has 2 heterocycles. The van der Waals surface area contributed by atoms with E-state index in [0.29, 0.717) is 0 Å². The van der Waals surface area contributed by atoms with Gasteiger partial charge in [0.15, 0.2) is 0 Å². The summed E-state index contributed by atoms with van der Waals surface area (Å²) in [5.74, 6) is 0.986. The molecule has 0 aromatic carbocycles. The molecule has 0 saturated heterocycles. The van der Waals surface area contributed by atoms with Gasteiger partial charge < -0.3 is 5.32 Å². The molecule has 0 amide bonds. The van der Waals surface area contributed by atoms with Crippen molar-refractivity contribution in [1.82, 2.24) is 20.5 Å². The van der Waals surface area contributed by atoms with Gasteiger partial charge in [0.05, 0.1) is 11.9 Å². The molecule has 2 aromatic heterocycles. The second-order valence-electron chi connectivity index (χ2n) is 4.92. The fourth-order valence-corrected chi connectivity index (χ4v) is 2.14. The predicted molar refractivity (Wildman–Crippen MR) is 70.9 cm³/mol. The normalized spacial score (nSPS) is 14.9. The van der Waals surface area contributed by atoms with Crippen LogP contribution in [0.3, 0.4) is 0 Å². The third-order valence-electron chi connectivity index (χ3n) is 3.41. The summed E-state index contributed by atoms with van der Waals surface area (Å²) in [7, 11) is 0. The first-order chi connectivity index (χ1) is 8.93. The fourth-order valence-electron chi connectivity index (χ4n) is 2.14. The number of pyridine rings is 1. The first-order valence-electron chi connectivity index (χ1n) is 6.57. The van der Waals surface area contributed by atoms with E-state index in [0.717, 1.165) is 30.3 Å². The predicted octanol–water partition coefficient (Wildman–Crippen LogP) is 2.36. The van der Waals surface area contributed by atoms with Crippen molar-refractivity contribution in [2.75, 3.05) is 6.54 Å². The lowest BCUT2D eigenvalue weighted by molar-refractivity contribution is 0.613. The highest BCUT2D eigenvalue weighted by atomic mass is 15.1. The minimum absolute atomic E-state index is 0.868. The molecular formula is C14H18N4. The smallest absolute Gasteiger partial charge is 0.0710 e. The van der Waals surface area contributed by atoms with Crippen LogP contribution >= 0.6 is 0 Å². The largest absolute Gasteiger partial charge is 0.313 e. The number of hydrogen-bond acceptors (Lipinski definition) is 3. The van der Waals surface area contributed by atoms with E-state index in [9.17, 15) is 0 Å². The van der Waals surface area contributed by atoms with Gasteiger partial charge in [0.2, 0.25) is 0 Å². The number of H-pyrrole nitrogens is 1. The second kappa shape index (κ2) is 5.31. The van der Waals surface area contributed by atoms with Crippen LogP contribution in [0.1, 0.15) is 24.8 Å². The molecule has 4 heteroatoms. The van der Waals surface area contributed by atoms with Crippen LogP contribution in [0.5, 0.6) is 0 Å². The molecule has 1 fully saturated rings. The lowest BCUT2D eigenvalue weighted by Crippen LogP contribution is -2.15. The van der Waals surface area contributed by atoms with Crippen LogP contribution in [0, 0.1) is 5.92 Å². The van der Waals surface area contributed by atoms with Gasteiger partial charge in [0, 0.05) is 30.1 Å². The van der Waals surface area contributed by atoms with Gasteiger partial charge in [-0.1, -0.05) is 12.8 Å². The molecule has 1 saturated carbocycles. The highest BCUT2D eigenvalue weighted by Gasteiger charge is 2.20. The maximum Gasteiger partial charge on any atom is 0.0710 e. The SMILES string of the molecule is c1cncc(-c2[nH]ncc2CNCCC2CC2)c1. The molecule has 94 valence electrons. The van der Waals surface area contributed by atoms with E-state index in [1.807, 2.05) is 24.5 Å². The molecule has 0 bridgehead atoms. The Morgan fingerprint density at radius 3 is 3.06 bits per heavy atom. The minimum Gasteiger partial charge on any atom is -0.313 e. The third kappa shape index (κ3) is 2.76. The molecule has 3 rings (SSSR count). The van der Waals surface area contributed by atoms with Gasteiger partial charge in [-0.3, -0.25) is 10.1 Å². The summed E-state index contributed by atoms with van der Waals surface area (Å²) in [6.07, 6.45) is 9.70. The van der Waals surface area contributed by atoms with Crippen LogP contribution in [-0.4, -0.2) is 21.7 Å². The Bertz CT molecular complexity index is 488. The highest BCUT2D eigenvalue weighted by Crippen LogP contribution is 2.31. The number of nitrogens with zero attached hydrogens (tertiary/aromatic N) is 2. The molecule has 0 atom stereocenters. The first kappa shape index (κ1) is 11.4. The van der Waals surface area contributed by atoms with Crippen molar-refractivity contribution < 1.29 is 0 Å². The van der Waals surface area contributed by atoms with Crippen molar-refractivity contribution in [3.05, 3.63) is 36.3 Å². The fraction of sp³-hybridized carbons (Fsp3) is 0.429. The maximum absolute atomic E-state index is 4.14. The molecule has 1 aliphatic rings. The van der Waals surface area contributed by atoms with Crippen LogP contribution in [0.2, 0.25) is 0 Å². The van der Waals surface area contributed by atoms with E-state index < -0.39 is 0 Å². The average Bonchev–Trinajstić information content (AvgIpc) is 3.12. The standard InChI is InChI=1S/C14H18N4/c1-2-12(8-15-6-1)14-13(10-17-18-14)9-16-7-5-11-3-4-11/h1-2,6,8,10-11,16H,3-5,7,9H2,(H,17,18). The van der Waals surface area contributed by atoms with Gasteiger partial charge in [-0.15, -0.1) is 0 Å². The molecule has 2 N–H and O–H groups in total. The summed E-state index contributed by atoms with van der Waals surface area (Å²) >= 11 is 0. The minimum atomic E-state index is 0.868. The van der Waals surface area contributed by atoms with Crippen LogP contribution < -0.4 is 5.32 Å². The Hall–Kier alpha value is -1.68. The van der Waals surface area contributed by atoms with Crippen molar-refractivity contribution in [3.8, 4) is 11.3 Å². The van der Waals surface area contributed by atoms with Gasteiger partial charge in [-0.25, -0.2) is 0 Å². The molecule has 0 radical (unpaired) electrons. The van der Waals surface area contributed by atoms with Gasteiger partial charge >= 0.3 is 0 Å². The summed E-state index contributed by atoms with van der Waals surface area (Å²) in [5, 5.41) is 10.7. The summed E-state index contributed by atoms with van der Waals surface area (Å²) in [5.41, 5.74) is 3.37. The van der Waals surface area contributed by atoms with E-state index in [1.165, 1.54) is 24.8 Å². The second-order valence-corrected chi connectivity index (χ2v) is 4.92. The average molecular weight is 242 g/mol. The van der Waals surface area contributed by atoms with Gasteiger partial charge in [-0.05, 0) is 31.0 Å². The van der Waals surface area contributed by atoms with Gasteiger partial charge in [0.1, 0.15) is 0 Å². The Morgan fingerprint density at radius 1 is 1.33 bits per heavy atom. The summed E-state index contributed by atoms with van der Waals surface area (Å²) in [6.45, 7) is 1.97. The Balaban J connectivity index is 1.60. The van der Waals surface area contributed by atoms with E-state index >= 15 is 0 Å². The Labute approximate surface area is 107 Å². The number of rotatable bonds is 6. The molecule has 0 spiro atoms. The molecular weight excluding hydrogens is 224 g/mol. The third-order valence-corrected chi connectivity index (χ3v) is 3.41. The van der Waals surface area contributed by atoms with Crippen molar-refractivity contribution in [3.63, 3.8) is 0 Å². The lowest BCUT2D eigenvalue weighted by atomic mass is 10.1. The van der Waals surface area contributed by atoms with E-state index in [2.05, 4.69) is 20.5 Å². The van der Waals surface area contributed by atoms with Crippen LogP contribution in [0.25, 0.3) is 11.3 Å². The maximum atomic E-state index is 4.14. The van der Waals surface area contributed by atoms with Crippen molar-refractivity contribution in [2.45, 2.75) is 25.8 Å². The van der Waals surface area contributed by atoms with E-state index in [1.54, 1.807) is 6.20 Å². The molecule has 0 aliphatic heterocycles. The van der Waals surface area contributed by atoms with Gasteiger partial charge in [0.25, 0.3) is 0 Å². The van der Waals surface area contributed by atoms with Crippen LogP contribution in [-0.2, 0) is 6.54 Å². The number of nitrogens with one attached hydrogen (secondary N) is 2. The van der Waals surface area contributed by atoms with E-state index in [4.69, 9.17) is 0 Å². The zero-order chi connectivity index (χ0) is 12.2. The monoisotopic (exact) mass is 242 g/mol. The van der Waals surface area contributed by atoms with Crippen molar-refractivity contribution in [1.29, 1.82) is 0 Å². The molecule has 18 heavy (non-hydrogen) atoms. The zero-order valence-electron chi connectivity index (χ0n) is 10.4. The summed E-state index contributed by atoms with van der Waals surface area (Å²) in [6, 6.07) is 3.99. The Kier molecular flexibility index (Phi) is 3.37.